The van der Waals surface area contributed by atoms with Crippen LogP contribution in [0, 0.1) is 6.92 Å². The molecule has 1 rings (SSSR count). The van der Waals surface area contributed by atoms with Crippen molar-refractivity contribution in [2.45, 2.75) is 91.4 Å². The summed E-state index contributed by atoms with van der Waals surface area (Å²) in [7, 11) is -0.217. The zero-order chi connectivity index (χ0) is 18.7. The van der Waals surface area contributed by atoms with Crippen LogP contribution in [0.15, 0.2) is 30.3 Å². The summed E-state index contributed by atoms with van der Waals surface area (Å²) in [6, 6.07) is 10.3. The molecule has 1 aromatic carbocycles. The molecule has 0 spiro atoms. The van der Waals surface area contributed by atoms with Crippen LogP contribution in [0.3, 0.4) is 0 Å². The summed E-state index contributed by atoms with van der Waals surface area (Å²) < 4.78 is 0. The maximum absolute atomic E-state index is 2.44. The molecule has 0 amide bonds. The van der Waals surface area contributed by atoms with Crippen molar-refractivity contribution in [1.82, 2.24) is 0 Å². The number of benzene rings is 1. The third-order valence-corrected chi connectivity index (χ3v) is 12.6. The van der Waals surface area contributed by atoms with E-state index in [1.807, 2.05) is 18.2 Å². The van der Waals surface area contributed by atoms with Crippen molar-refractivity contribution in [3.05, 3.63) is 35.9 Å². The van der Waals surface area contributed by atoms with Gasteiger partial charge in [-0.15, -0.1) is 0 Å². The number of aryl methyl sites for hydroxylation is 1. The first-order chi connectivity index (χ1) is 11.2. The Bertz CT molecular complexity index is 366. The standard InChI is InChI=1S/C15H34P2.C7H8.Fe/c1-12(2)16(13(3)4)10-9-11-17(14(5)6)15(7)8;1-7-5-3-2-4-6-7;/h12-15H,9-11H2,1-8H3;2-6H,1H3;/q;;+6/p+2. The van der Waals surface area contributed by atoms with E-state index in [2.05, 4.69) is 74.4 Å². The van der Waals surface area contributed by atoms with E-state index in [0.717, 1.165) is 22.6 Å². The van der Waals surface area contributed by atoms with Crippen molar-refractivity contribution in [2.75, 3.05) is 12.3 Å². The largest absolute Gasteiger partial charge is 6.00 e. The van der Waals surface area contributed by atoms with Gasteiger partial charge in [0.05, 0.1) is 35.0 Å². The van der Waals surface area contributed by atoms with Gasteiger partial charge in [0.1, 0.15) is 0 Å². The van der Waals surface area contributed by atoms with Crippen LogP contribution in [0.2, 0.25) is 0 Å². The Morgan fingerprint density at radius 3 is 1.16 bits per heavy atom. The second-order valence-electron chi connectivity index (χ2n) is 8.28. The van der Waals surface area contributed by atoms with Crippen LogP contribution in [-0.2, 0) is 17.1 Å². The average molecular weight is 426 g/mol. The third-order valence-electron chi connectivity index (χ3n) is 4.84. The van der Waals surface area contributed by atoms with E-state index in [0.29, 0.717) is 0 Å². The normalized spacial score (nSPS) is 11.3. The molecule has 0 radical (unpaired) electrons. The predicted molar refractivity (Wildman–Crippen MR) is 123 cm³/mol. The zero-order valence-corrected chi connectivity index (χ0v) is 21.3. The number of rotatable bonds is 8. The van der Waals surface area contributed by atoms with Crippen molar-refractivity contribution in [1.29, 1.82) is 0 Å². The molecule has 0 unspecified atom stereocenters. The molecule has 0 aliphatic rings. The average Bonchev–Trinajstić information content (AvgIpc) is 2.46. The molecule has 0 heterocycles. The Morgan fingerprint density at radius 2 is 0.960 bits per heavy atom. The van der Waals surface area contributed by atoms with Crippen LogP contribution in [0.5, 0.6) is 0 Å². The molecular weight excluding hydrogens is 382 g/mol. The number of hydrogen-bond donors (Lipinski definition) is 0. The molecule has 0 fully saturated rings. The van der Waals surface area contributed by atoms with Crippen LogP contribution < -0.4 is 0 Å². The smallest absolute Gasteiger partial charge is 0.0622 e. The SMILES string of the molecule is CC(C)[PH+](CCC[PH+](C(C)C)C(C)C)C(C)C.Cc1ccccc1.[Fe+6]. The molecular formula is C22H44FeP2+8. The van der Waals surface area contributed by atoms with Crippen LogP contribution in [-0.4, -0.2) is 35.0 Å². The van der Waals surface area contributed by atoms with E-state index in [1.54, 1.807) is 12.3 Å². The minimum Gasteiger partial charge on any atom is -0.0622 e. The second kappa shape index (κ2) is 15.6. The minimum absolute atomic E-state index is 0. The van der Waals surface area contributed by atoms with Gasteiger partial charge in [-0.1, -0.05) is 35.9 Å². The Kier molecular flexibility index (Phi) is 17.4. The Hall–Kier alpha value is 0.599. The molecule has 0 aliphatic heterocycles. The Labute approximate surface area is 172 Å². The summed E-state index contributed by atoms with van der Waals surface area (Å²) in [5, 5.41) is 0. The van der Waals surface area contributed by atoms with Gasteiger partial charge in [-0.2, -0.15) is 0 Å². The van der Waals surface area contributed by atoms with Gasteiger partial charge < -0.3 is 0 Å². The molecule has 25 heavy (non-hydrogen) atoms. The van der Waals surface area contributed by atoms with Crippen LogP contribution in [0.4, 0.5) is 0 Å². The summed E-state index contributed by atoms with van der Waals surface area (Å²) in [5.74, 6) is 0. The van der Waals surface area contributed by atoms with Crippen LogP contribution in [0.1, 0.15) is 67.4 Å². The van der Waals surface area contributed by atoms with E-state index < -0.39 is 0 Å². The van der Waals surface area contributed by atoms with Gasteiger partial charge in [-0.05, 0) is 62.3 Å². The minimum atomic E-state index is -0.109. The molecule has 0 aromatic heterocycles. The fourth-order valence-corrected chi connectivity index (χ4v) is 10.0. The van der Waals surface area contributed by atoms with Gasteiger partial charge in [0.2, 0.25) is 0 Å². The molecule has 0 saturated carbocycles. The van der Waals surface area contributed by atoms with E-state index in [9.17, 15) is 0 Å². The van der Waals surface area contributed by atoms with Gasteiger partial charge in [0.15, 0.2) is 0 Å². The molecule has 3 heteroatoms. The quantitative estimate of drug-likeness (QED) is 0.300. The number of hydrogen-bond acceptors (Lipinski definition) is 0. The van der Waals surface area contributed by atoms with Gasteiger partial charge in [-0.3, -0.25) is 0 Å². The predicted octanol–water partition coefficient (Wildman–Crippen LogP) is 7.43. The Morgan fingerprint density at radius 1 is 0.640 bits per heavy atom. The van der Waals surface area contributed by atoms with Crippen molar-refractivity contribution in [2.24, 2.45) is 0 Å². The maximum Gasteiger partial charge on any atom is 6.00 e. The molecule has 0 aliphatic carbocycles. The molecule has 1 aromatic rings. The van der Waals surface area contributed by atoms with Gasteiger partial charge in [0.25, 0.3) is 0 Å². The van der Waals surface area contributed by atoms with E-state index >= 15 is 0 Å². The molecule has 0 saturated heterocycles. The monoisotopic (exact) mass is 426 g/mol. The van der Waals surface area contributed by atoms with Crippen molar-refractivity contribution >= 4 is 15.8 Å². The first-order valence-corrected chi connectivity index (χ1v) is 13.6. The van der Waals surface area contributed by atoms with Gasteiger partial charge in [-0.25, -0.2) is 0 Å². The van der Waals surface area contributed by atoms with E-state index in [1.165, 1.54) is 12.0 Å². The Balaban J connectivity index is 0. The van der Waals surface area contributed by atoms with Crippen molar-refractivity contribution < 1.29 is 17.1 Å². The summed E-state index contributed by atoms with van der Waals surface area (Å²) in [5.41, 5.74) is 5.13. The third kappa shape index (κ3) is 13.4. The van der Waals surface area contributed by atoms with Crippen LogP contribution >= 0.6 is 15.8 Å². The van der Waals surface area contributed by atoms with Crippen LogP contribution in [0.25, 0.3) is 0 Å². The summed E-state index contributed by atoms with van der Waals surface area (Å²) in [4.78, 5) is 0. The maximum atomic E-state index is 2.44. The summed E-state index contributed by atoms with van der Waals surface area (Å²) in [6.45, 7) is 21.6. The second-order valence-corrected chi connectivity index (χ2v) is 16.2. The fourth-order valence-electron chi connectivity index (χ4n) is 3.52. The summed E-state index contributed by atoms with van der Waals surface area (Å²) in [6.07, 6.45) is 4.61. The topological polar surface area (TPSA) is 0 Å². The molecule has 0 atom stereocenters. The van der Waals surface area contributed by atoms with Gasteiger partial charge >= 0.3 is 17.1 Å². The molecule has 0 N–H and O–H groups in total. The van der Waals surface area contributed by atoms with Crippen molar-refractivity contribution in [3.63, 3.8) is 0 Å². The van der Waals surface area contributed by atoms with Crippen molar-refractivity contribution in [3.8, 4) is 0 Å². The van der Waals surface area contributed by atoms with E-state index in [-0.39, 0.29) is 32.9 Å². The first-order valence-electron chi connectivity index (χ1n) is 9.89. The zero-order valence-electron chi connectivity index (χ0n) is 18.2. The first kappa shape index (κ1) is 27.8. The van der Waals surface area contributed by atoms with Gasteiger partial charge in [0, 0.05) is 22.3 Å². The fraction of sp³-hybridized carbons (Fsp3) is 0.727. The summed E-state index contributed by atoms with van der Waals surface area (Å²) >= 11 is 0. The molecule has 0 nitrogen and oxygen atoms in total. The molecule has 142 valence electrons. The molecule has 0 bridgehead atoms. The van der Waals surface area contributed by atoms with E-state index in [4.69, 9.17) is 0 Å².